The molecule has 3 aromatic heterocycles. The van der Waals surface area contributed by atoms with Crippen molar-refractivity contribution in [2.45, 2.75) is 53.1 Å². The molecule has 0 aliphatic carbocycles. The summed E-state index contributed by atoms with van der Waals surface area (Å²) >= 11 is 0. The van der Waals surface area contributed by atoms with E-state index in [9.17, 15) is 0 Å². The van der Waals surface area contributed by atoms with Crippen molar-refractivity contribution in [3.8, 4) is 11.3 Å². The van der Waals surface area contributed by atoms with Gasteiger partial charge >= 0.3 is 0 Å². The van der Waals surface area contributed by atoms with Gasteiger partial charge in [0, 0.05) is 62.4 Å². The van der Waals surface area contributed by atoms with Crippen LogP contribution in [0.2, 0.25) is 0 Å². The van der Waals surface area contributed by atoms with E-state index in [1.807, 2.05) is 65.6 Å². The maximum Gasteiger partial charge on any atom is 0.176 e. The minimum Gasteiger partial charge on any atom is -0.356 e. The number of pyridine rings is 1. The topological polar surface area (TPSA) is 102 Å². The van der Waals surface area contributed by atoms with Gasteiger partial charge in [-0.2, -0.15) is 5.10 Å². The van der Waals surface area contributed by atoms with Crippen LogP contribution in [0.4, 0.5) is 11.5 Å². The molecule has 9 nitrogen and oxygen atoms in total. The molecule has 0 atom stereocenters. The number of hydrogen-bond donors (Lipinski definition) is 2. The molecule has 0 amide bonds. The van der Waals surface area contributed by atoms with Crippen LogP contribution in [0.3, 0.4) is 0 Å². The number of aromatic nitrogens is 5. The van der Waals surface area contributed by atoms with Gasteiger partial charge in [0.2, 0.25) is 0 Å². The number of hydrogen-bond acceptors (Lipinski definition) is 7. The standard InChI is InChI=1S/C20H25N9.2C2H6/c1-27-13-14(11-25-27)17-12-24-20-19(23-6-9-29(17)20)26-16-2-5-22-18(10-16)28-7-3-15(21)4-8-28;2*1-2/h2,5,10-13,15H,3-4,6-9,21H2,1H3,(H,22,23,26);2*1-2H3. The Morgan fingerprint density at radius 2 is 1.79 bits per heavy atom. The fourth-order valence-electron chi connectivity index (χ4n) is 3.94. The first kappa shape index (κ1) is 24.4. The number of anilines is 2. The molecule has 3 aromatic rings. The number of aliphatic imine (C=N–C) groups is 1. The molecule has 3 N–H and O–H groups in total. The highest BCUT2D eigenvalue weighted by Crippen LogP contribution is 2.24. The number of nitrogens with two attached hydrogens (primary N) is 1. The van der Waals surface area contributed by atoms with E-state index < -0.39 is 0 Å². The van der Waals surface area contributed by atoms with Crippen LogP contribution in [0.15, 0.2) is 41.9 Å². The van der Waals surface area contributed by atoms with Gasteiger partial charge in [-0.25, -0.2) is 9.97 Å². The molecule has 1 fully saturated rings. The molecule has 0 bridgehead atoms. The summed E-state index contributed by atoms with van der Waals surface area (Å²) in [6.45, 7) is 11.4. The van der Waals surface area contributed by atoms with E-state index in [4.69, 9.17) is 5.73 Å². The molecule has 2 aliphatic rings. The number of nitrogens with zero attached hydrogens (tertiary/aromatic N) is 7. The molecule has 1 saturated heterocycles. The van der Waals surface area contributed by atoms with Crippen molar-refractivity contribution >= 4 is 17.3 Å². The summed E-state index contributed by atoms with van der Waals surface area (Å²) in [6.07, 6.45) is 9.60. The minimum absolute atomic E-state index is 0.303. The van der Waals surface area contributed by atoms with E-state index in [1.54, 1.807) is 4.68 Å². The van der Waals surface area contributed by atoms with Crippen LogP contribution in [-0.4, -0.2) is 55.8 Å². The number of amidine groups is 1. The summed E-state index contributed by atoms with van der Waals surface area (Å²) < 4.78 is 4.00. The van der Waals surface area contributed by atoms with Gasteiger partial charge in [-0.15, -0.1) is 0 Å². The Morgan fingerprint density at radius 1 is 1.03 bits per heavy atom. The molecule has 0 saturated carbocycles. The van der Waals surface area contributed by atoms with Crippen LogP contribution in [0.1, 0.15) is 46.4 Å². The number of piperidine rings is 1. The summed E-state index contributed by atoms with van der Waals surface area (Å²) in [5, 5.41) is 7.73. The zero-order chi connectivity index (χ0) is 23.8. The van der Waals surface area contributed by atoms with Crippen molar-refractivity contribution in [2.24, 2.45) is 17.8 Å². The fourth-order valence-corrected chi connectivity index (χ4v) is 3.94. The van der Waals surface area contributed by atoms with Crippen molar-refractivity contribution in [3.05, 3.63) is 42.7 Å². The fraction of sp³-hybridized carbons (Fsp3) is 0.500. The molecular weight excluding hydrogens is 414 g/mol. The van der Waals surface area contributed by atoms with Crippen LogP contribution < -0.4 is 16.0 Å². The number of nitrogens with one attached hydrogen (secondary N) is 1. The molecule has 0 unspecified atom stereocenters. The van der Waals surface area contributed by atoms with Gasteiger partial charge in [0.15, 0.2) is 11.7 Å². The van der Waals surface area contributed by atoms with Gasteiger partial charge in [0.1, 0.15) is 5.82 Å². The Kier molecular flexibility index (Phi) is 8.59. The zero-order valence-corrected chi connectivity index (χ0v) is 20.5. The third-order valence-electron chi connectivity index (χ3n) is 5.53. The summed E-state index contributed by atoms with van der Waals surface area (Å²) in [5.74, 6) is 2.60. The second kappa shape index (κ2) is 11.6. The van der Waals surface area contributed by atoms with Gasteiger partial charge in [0.05, 0.1) is 24.6 Å². The molecule has 0 spiro atoms. The lowest BCUT2D eigenvalue weighted by Crippen LogP contribution is -2.40. The highest BCUT2D eigenvalue weighted by atomic mass is 15.2. The van der Waals surface area contributed by atoms with Crippen LogP contribution in [-0.2, 0) is 13.6 Å². The number of imidazole rings is 1. The molecule has 5 rings (SSSR count). The first-order valence-electron chi connectivity index (χ1n) is 12.0. The second-order valence-electron chi connectivity index (χ2n) is 7.60. The number of fused-ring (bicyclic) bond motifs is 1. The average molecular weight is 452 g/mol. The predicted octanol–water partition coefficient (Wildman–Crippen LogP) is 3.53. The molecule has 2 aliphatic heterocycles. The molecule has 0 radical (unpaired) electrons. The van der Waals surface area contributed by atoms with Crippen molar-refractivity contribution in [3.63, 3.8) is 0 Å². The summed E-state index contributed by atoms with van der Waals surface area (Å²) in [7, 11) is 1.92. The first-order chi connectivity index (χ1) is 16.2. The number of rotatable bonds is 3. The number of aryl methyl sites for hydroxylation is 1. The van der Waals surface area contributed by atoms with E-state index in [0.717, 1.165) is 66.9 Å². The Balaban J connectivity index is 0.000000728. The monoisotopic (exact) mass is 451 g/mol. The van der Waals surface area contributed by atoms with Crippen molar-refractivity contribution in [2.75, 3.05) is 29.9 Å². The zero-order valence-electron chi connectivity index (χ0n) is 20.5. The third kappa shape index (κ3) is 5.60. The molecular formula is C24H37N9. The Bertz CT molecular complexity index is 1040. The van der Waals surface area contributed by atoms with Gasteiger partial charge in [-0.1, -0.05) is 27.7 Å². The Morgan fingerprint density at radius 3 is 2.48 bits per heavy atom. The van der Waals surface area contributed by atoms with Crippen LogP contribution in [0.5, 0.6) is 0 Å². The van der Waals surface area contributed by atoms with E-state index in [-0.39, 0.29) is 0 Å². The minimum atomic E-state index is 0.303. The average Bonchev–Trinajstić information content (AvgIpc) is 3.49. The lowest BCUT2D eigenvalue weighted by molar-refractivity contribution is 0.499. The van der Waals surface area contributed by atoms with Crippen LogP contribution in [0.25, 0.3) is 11.3 Å². The maximum atomic E-state index is 6.03. The van der Waals surface area contributed by atoms with Crippen molar-refractivity contribution in [1.82, 2.24) is 24.3 Å². The van der Waals surface area contributed by atoms with Gasteiger partial charge < -0.3 is 20.5 Å². The van der Waals surface area contributed by atoms with E-state index >= 15 is 0 Å². The summed E-state index contributed by atoms with van der Waals surface area (Å²) in [5.41, 5.74) is 9.11. The second-order valence-corrected chi connectivity index (χ2v) is 7.60. The Labute approximate surface area is 196 Å². The molecule has 0 aromatic carbocycles. The van der Waals surface area contributed by atoms with Gasteiger partial charge in [-0.3, -0.25) is 9.67 Å². The van der Waals surface area contributed by atoms with Crippen LogP contribution >= 0.6 is 0 Å². The lowest BCUT2D eigenvalue weighted by atomic mass is 10.1. The van der Waals surface area contributed by atoms with E-state index in [1.165, 1.54) is 0 Å². The largest absolute Gasteiger partial charge is 0.356 e. The van der Waals surface area contributed by atoms with Crippen LogP contribution in [0, 0.1) is 0 Å². The maximum absolute atomic E-state index is 6.03. The third-order valence-corrected chi connectivity index (χ3v) is 5.53. The molecule has 9 heteroatoms. The van der Waals surface area contributed by atoms with Gasteiger partial charge in [0.25, 0.3) is 0 Å². The highest BCUT2D eigenvalue weighted by molar-refractivity contribution is 6.06. The smallest absolute Gasteiger partial charge is 0.176 e. The summed E-state index contributed by atoms with van der Waals surface area (Å²) in [4.78, 5) is 16.2. The summed E-state index contributed by atoms with van der Waals surface area (Å²) in [6, 6.07) is 4.34. The lowest BCUT2D eigenvalue weighted by Gasteiger charge is -2.31. The van der Waals surface area contributed by atoms with E-state index in [0.29, 0.717) is 12.6 Å². The van der Waals surface area contributed by atoms with Gasteiger partial charge in [-0.05, 0) is 18.9 Å². The van der Waals surface area contributed by atoms with E-state index in [2.05, 4.69) is 40.9 Å². The Hall–Kier alpha value is -3.20. The SMILES string of the molecule is CC.CC.Cn1cc(-c2cnc3n2CCN=C3Nc2ccnc(N3CCC(N)CC3)c2)cn1. The molecule has 5 heterocycles. The normalized spacial score (nSPS) is 15.5. The predicted molar refractivity (Wildman–Crippen MR) is 136 cm³/mol. The van der Waals surface area contributed by atoms with Crippen molar-refractivity contribution < 1.29 is 0 Å². The highest BCUT2D eigenvalue weighted by Gasteiger charge is 2.21. The van der Waals surface area contributed by atoms with Crippen molar-refractivity contribution in [1.29, 1.82) is 0 Å². The molecule has 178 valence electrons. The molecule has 33 heavy (non-hydrogen) atoms. The first-order valence-corrected chi connectivity index (χ1v) is 12.0. The quantitative estimate of drug-likeness (QED) is 0.632.